The molecule has 1 unspecified atom stereocenters. The van der Waals surface area contributed by atoms with E-state index in [1.165, 1.54) is 10.2 Å². The molecule has 1 aromatic rings. The number of rotatable bonds is 8. The van der Waals surface area contributed by atoms with E-state index in [0.717, 1.165) is 38.0 Å². The monoisotopic (exact) mass is 330 g/mol. The van der Waals surface area contributed by atoms with Crippen LogP contribution in [-0.2, 0) is 19.9 Å². The quantitative estimate of drug-likeness (QED) is 0.793. The molecular formula is C14H27BrN4. The average molecular weight is 331 g/mol. The maximum absolute atomic E-state index is 4.57. The van der Waals surface area contributed by atoms with Gasteiger partial charge < -0.3 is 10.2 Å². The van der Waals surface area contributed by atoms with Gasteiger partial charge in [0.15, 0.2) is 0 Å². The van der Waals surface area contributed by atoms with Gasteiger partial charge in [-0.2, -0.15) is 5.10 Å². The standard InChI is InChI=1S/C14H27BrN4/c1-6-12-14(15)13(19(5)17-12)10-11(16-7-2)8-9-18(3)4/h11,16H,6-10H2,1-5H3. The van der Waals surface area contributed by atoms with Crippen LogP contribution in [0.25, 0.3) is 0 Å². The van der Waals surface area contributed by atoms with E-state index in [2.05, 4.69) is 59.2 Å². The van der Waals surface area contributed by atoms with Crippen LogP contribution in [0.2, 0.25) is 0 Å². The maximum atomic E-state index is 4.57. The second-order valence-corrected chi connectivity index (χ2v) is 6.03. The fraction of sp³-hybridized carbons (Fsp3) is 0.786. The van der Waals surface area contributed by atoms with Crippen LogP contribution < -0.4 is 5.32 Å². The zero-order chi connectivity index (χ0) is 14.4. The lowest BCUT2D eigenvalue weighted by Gasteiger charge is -2.20. The summed E-state index contributed by atoms with van der Waals surface area (Å²) in [4.78, 5) is 2.24. The molecule has 0 aromatic carbocycles. The van der Waals surface area contributed by atoms with Crippen LogP contribution in [0.5, 0.6) is 0 Å². The molecule has 4 nitrogen and oxygen atoms in total. The highest BCUT2D eigenvalue weighted by Gasteiger charge is 2.17. The molecule has 0 spiro atoms. The van der Waals surface area contributed by atoms with Crippen molar-refractivity contribution in [3.8, 4) is 0 Å². The second-order valence-electron chi connectivity index (χ2n) is 5.24. The van der Waals surface area contributed by atoms with Crippen molar-refractivity contribution in [2.75, 3.05) is 27.2 Å². The fourth-order valence-electron chi connectivity index (χ4n) is 2.25. The maximum Gasteiger partial charge on any atom is 0.0766 e. The Morgan fingerprint density at radius 2 is 2.05 bits per heavy atom. The second kappa shape index (κ2) is 8.02. The van der Waals surface area contributed by atoms with E-state index >= 15 is 0 Å². The molecular weight excluding hydrogens is 304 g/mol. The van der Waals surface area contributed by atoms with Gasteiger partial charge in [-0.1, -0.05) is 13.8 Å². The zero-order valence-electron chi connectivity index (χ0n) is 12.8. The number of hydrogen-bond donors (Lipinski definition) is 1. The predicted octanol–water partition coefficient (Wildman–Crippen LogP) is 2.22. The number of likely N-dealkylation sites (N-methyl/N-ethyl adjacent to an activating group) is 1. The molecule has 1 atom stereocenters. The van der Waals surface area contributed by atoms with Gasteiger partial charge in [0.25, 0.3) is 0 Å². The summed E-state index contributed by atoms with van der Waals surface area (Å²) in [5.74, 6) is 0. The normalized spacial score (nSPS) is 13.2. The summed E-state index contributed by atoms with van der Waals surface area (Å²) in [5.41, 5.74) is 2.45. The van der Waals surface area contributed by atoms with Crippen LogP contribution in [0, 0.1) is 0 Å². The van der Waals surface area contributed by atoms with Crippen molar-refractivity contribution in [1.82, 2.24) is 20.0 Å². The number of hydrogen-bond acceptors (Lipinski definition) is 3. The number of aromatic nitrogens is 2. The first-order valence-corrected chi connectivity index (χ1v) is 7.87. The SMILES string of the molecule is CCNC(CCN(C)C)Cc1c(Br)c(CC)nn1C. The molecule has 0 radical (unpaired) electrons. The third kappa shape index (κ3) is 4.89. The van der Waals surface area contributed by atoms with Crippen LogP contribution in [0.3, 0.4) is 0 Å². The van der Waals surface area contributed by atoms with Crippen molar-refractivity contribution < 1.29 is 0 Å². The topological polar surface area (TPSA) is 33.1 Å². The summed E-state index contributed by atoms with van der Waals surface area (Å²) in [6.07, 6.45) is 3.14. The molecule has 0 saturated heterocycles. The van der Waals surface area contributed by atoms with E-state index in [4.69, 9.17) is 0 Å². The Kier molecular flexibility index (Phi) is 7.04. The summed E-state index contributed by atoms with van der Waals surface area (Å²) in [6.45, 7) is 6.42. The van der Waals surface area contributed by atoms with Gasteiger partial charge in [-0.15, -0.1) is 0 Å². The lowest BCUT2D eigenvalue weighted by atomic mass is 10.1. The summed E-state index contributed by atoms with van der Waals surface area (Å²) in [5, 5.41) is 8.15. The van der Waals surface area contributed by atoms with Crippen LogP contribution in [0.1, 0.15) is 31.7 Å². The number of aryl methyl sites for hydroxylation is 2. The highest BCUT2D eigenvalue weighted by Crippen LogP contribution is 2.23. The smallest absolute Gasteiger partial charge is 0.0766 e. The summed E-state index contributed by atoms with van der Waals surface area (Å²) < 4.78 is 3.20. The third-order valence-electron chi connectivity index (χ3n) is 3.36. The minimum absolute atomic E-state index is 0.504. The van der Waals surface area contributed by atoms with Crippen molar-refractivity contribution in [2.24, 2.45) is 7.05 Å². The lowest BCUT2D eigenvalue weighted by molar-refractivity contribution is 0.356. The molecule has 0 aliphatic rings. The lowest BCUT2D eigenvalue weighted by Crippen LogP contribution is -2.34. The summed E-state index contributed by atoms with van der Waals surface area (Å²) >= 11 is 3.70. The van der Waals surface area contributed by atoms with Crippen LogP contribution in [-0.4, -0.2) is 47.9 Å². The molecule has 110 valence electrons. The average Bonchev–Trinajstić information content (AvgIpc) is 2.63. The van der Waals surface area contributed by atoms with E-state index < -0.39 is 0 Å². The van der Waals surface area contributed by atoms with E-state index in [0.29, 0.717) is 6.04 Å². The molecule has 0 aliphatic heterocycles. The molecule has 0 saturated carbocycles. The van der Waals surface area contributed by atoms with Gasteiger partial charge in [-0.3, -0.25) is 4.68 Å². The largest absolute Gasteiger partial charge is 0.314 e. The Morgan fingerprint density at radius 1 is 1.37 bits per heavy atom. The summed E-state index contributed by atoms with van der Waals surface area (Å²) in [6, 6.07) is 0.504. The molecule has 1 heterocycles. The van der Waals surface area contributed by atoms with Crippen molar-refractivity contribution in [1.29, 1.82) is 0 Å². The fourth-order valence-corrected chi connectivity index (χ4v) is 3.03. The van der Waals surface area contributed by atoms with Crippen LogP contribution in [0.4, 0.5) is 0 Å². The predicted molar refractivity (Wildman–Crippen MR) is 84.6 cm³/mol. The third-order valence-corrected chi connectivity index (χ3v) is 4.28. The minimum atomic E-state index is 0.504. The highest BCUT2D eigenvalue weighted by molar-refractivity contribution is 9.10. The Bertz CT molecular complexity index is 387. The Labute approximate surface area is 125 Å². The zero-order valence-corrected chi connectivity index (χ0v) is 14.4. The number of nitrogens with zero attached hydrogens (tertiary/aromatic N) is 3. The van der Waals surface area contributed by atoms with E-state index in [9.17, 15) is 0 Å². The number of nitrogens with one attached hydrogen (secondary N) is 1. The molecule has 1 rings (SSSR count). The van der Waals surface area contributed by atoms with Crippen LogP contribution >= 0.6 is 15.9 Å². The van der Waals surface area contributed by atoms with Crippen molar-refractivity contribution in [3.05, 3.63) is 15.9 Å². The van der Waals surface area contributed by atoms with Crippen molar-refractivity contribution >= 4 is 15.9 Å². The molecule has 0 bridgehead atoms. The van der Waals surface area contributed by atoms with Gasteiger partial charge in [-0.05, 0) is 56.0 Å². The first-order chi connectivity index (χ1) is 8.99. The molecule has 1 aromatic heterocycles. The van der Waals surface area contributed by atoms with Crippen molar-refractivity contribution in [2.45, 2.75) is 39.2 Å². The Balaban J connectivity index is 2.75. The van der Waals surface area contributed by atoms with E-state index in [-0.39, 0.29) is 0 Å². The van der Waals surface area contributed by atoms with E-state index in [1.54, 1.807) is 0 Å². The highest BCUT2D eigenvalue weighted by atomic mass is 79.9. The van der Waals surface area contributed by atoms with Gasteiger partial charge in [0, 0.05) is 19.5 Å². The first-order valence-electron chi connectivity index (χ1n) is 7.07. The van der Waals surface area contributed by atoms with Crippen molar-refractivity contribution in [3.63, 3.8) is 0 Å². The molecule has 0 amide bonds. The van der Waals surface area contributed by atoms with Crippen LogP contribution in [0.15, 0.2) is 4.47 Å². The van der Waals surface area contributed by atoms with Gasteiger partial charge in [0.05, 0.1) is 15.9 Å². The van der Waals surface area contributed by atoms with Gasteiger partial charge in [0.1, 0.15) is 0 Å². The first kappa shape index (κ1) is 16.7. The molecule has 0 fully saturated rings. The minimum Gasteiger partial charge on any atom is -0.314 e. The molecule has 5 heteroatoms. The number of halogens is 1. The van der Waals surface area contributed by atoms with E-state index in [1.807, 2.05) is 11.7 Å². The molecule has 1 N–H and O–H groups in total. The molecule has 19 heavy (non-hydrogen) atoms. The Hall–Kier alpha value is -0.390. The Morgan fingerprint density at radius 3 is 2.53 bits per heavy atom. The summed E-state index contributed by atoms with van der Waals surface area (Å²) in [7, 11) is 6.28. The van der Waals surface area contributed by atoms with Gasteiger partial charge >= 0.3 is 0 Å². The van der Waals surface area contributed by atoms with Gasteiger partial charge in [0.2, 0.25) is 0 Å². The molecule has 0 aliphatic carbocycles. The van der Waals surface area contributed by atoms with Gasteiger partial charge in [-0.25, -0.2) is 0 Å².